The van der Waals surface area contributed by atoms with E-state index in [1.165, 1.54) is 0 Å². The van der Waals surface area contributed by atoms with E-state index in [1.807, 2.05) is 84.9 Å². The lowest BCUT2D eigenvalue weighted by Gasteiger charge is -2.06. The first-order valence-electron chi connectivity index (χ1n) is 8.74. The molecule has 0 aliphatic carbocycles. The Morgan fingerprint density at radius 2 is 1.57 bits per heavy atom. The summed E-state index contributed by atoms with van der Waals surface area (Å²) in [5.41, 5.74) is 5.17. The van der Waals surface area contributed by atoms with Crippen LogP contribution in [0.3, 0.4) is 0 Å². The van der Waals surface area contributed by atoms with E-state index in [1.54, 1.807) is 12.1 Å². The van der Waals surface area contributed by atoms with Gasteiger partial charge in [-0.3, -0.25) is 4.79 Å². The highest BCUT2D eigenvalue weighted by atomic mass is 79.9. The van der Waals surface area contributed by atoms with Gasteiger partial charge in [0.15, 0.2) is 6.61 Å². The number of benzene rings is 3. The monoisotopic (exact) mass is 434 g/mol. The molecule has 0 atom stereocenters. The molecule has 5 heteroatoms. The van der Waals surface area contributed by atoms with E-state index in [0.717, 1.165) is 15.6 Å². The van der Waals surface area contributed by atoms with Gasteiger partial charge in [0, 0.05) is 10.0 Å². The van der Waals surface area contributed by atoms with Crippen LogP contribution in [0.15, 0.2) is 101 Å². The van der Waals surface area contributed by atoms with Crippen LogP contribution < -0.4 is 10.2 Å². The summed E-state index contributed by atoms with van der Waals surface area (Å²) in [7, 11) is 0. The minimum atomic E-state index is -0.329. The lowest BCUT2D eigenvalue weighted by molar-refractivity contribution is -0.123. The van der Waals surface area contributed by atoms with Gasteiger partial charge < -0.3 is 4.74 Å². The van der Waals surface area contributed by atoms with E-state index in [0.29, 0.717) is 11.5 Å². The van der Waals surface area contributed by atoms with Crippen molar-refractivity contribution in [2.45, 2.75) is 0 Å². The largest absolute Gasteiger partial charge is 0.484 e. The van der Waals surface area contributed by atoms with Gasteiger partial charge in [-0.05, 0) is 35.9 Å². The summed E-state index contributed by atoms with van der Waals surface area (Å²) < 4.78 is 6.42. The van der Waals surface area contributed by atoms with Crippen LogP contribution in [0.2, 0.25) is 0 Å². The number of carbonyl (C=O) groups is 1. The zero-order valence-corrected chi connectivity index (χ0v) is 16.7. The molecule has 3 aromatic rings. The molecule has 0 aromatic heterocycles. The molecule has 4 nitrogen and oxygen atoms in total. The van der Waals surface area contributed by atoms with Crippen molar-refractivity contribution < 1.29 is 9.53 Å². The maximum absolute atomic E-state index is 12.1. The first-order valence-corrected chi connectivity index (χ1v) is 9.53. The van der Waals surface area contributed by atoms with E-state index < -0.39 is 0 Å². The van der Waals surface area contributed by atoms with Crippen LogP contribution in [-0.2, 0) is 4.79 Å². The van der Waals surface area contributed by atoms with E-state index in [4.69, 9.17) is 4.74 Å². The molecule has 1 N–H and O–H groups in total. The van der Waals surface area contributed by atoms with Gasteiger partial charge in [0.25, 0.3) is 5.91 Å². The van der Waals surface area contributed by atoms with Crippen LogP contribution in [0.5, 0.6) is 5.75 Å². The van der Waals surface area contributed by atoms with Crippen molar-refractivity contribution in [3.05, 3.63) is 107 Å². The molecule has 140 valence electrons. The molecule has 28 heavy (non-hydrogen) atoms. The Morgan fingerprint density at radius 3 is 2.25 bits per heavy atom. The molecule has 0 bridgehead atoms. The third kappa shape index (κ3) is 6.21. The summed E-state index contributed by atoms with van der Waals surface area (Å²) in [6.45, 7) is -0.115. The third-order valence-corrected chi connectivity index (χ3v) is 4.32. The number of hydrogen-bond acceptors (Lipinski definition) is 3. The molecule has 0 saturated carbocycles. The summed E-state index contributed by atoms with van der Waals surface area (Å²) in [5.74, 6) is 0.291. The molecule has 0 aliphatic rings. The van der Waals surface area contributed by atoms with Gasteiger partial charge in [-0.15, -0.1) is 0 Å². The Morgan fingerprint density at radius 1 is 0.929 bits per heavy atom. The van der Waals surface area contributed by atoms with Crippen LogP contribution in [0.1, 0.15) is 11.1 Å². The van der Waals surface area contributed by atoms with Crippen LogP contribution in [0.4, 0.5) is 0 Å². The highest BCUT2D eigenvalue weighted by Gasteiger charge is 2.04. The average Bonchev–Trinajstić information content (AvgIpc) is 2.75. The zero-order valence-electron chi connectivity index (χ0n) is 15.1. The Labute approximate surface area is 172 Å². The summed E-state index contributed by atoms with van der Waals surface area (Å²) in [6, 6.07) is 26.9. The highest BCUT2D eigenvalue weighted by Crippen LogP contribution is 2.15. The summed E-state index contributed by atoms with van der Waals surface area (Å²) in [6.07, 6.45) is 3.83. The number of amides is 1. The van der Waals surface area contributed by atoms with Gasteiger partial charge in [-0.2, -0.15) is 5.10 Å². The number of halogens is 1. The Hall–Kier alpha value is -3.18. The zero-order chi connectivity index (χ0) is 19.6. The van der Waals surface area contributed by atoms with Gasteiger partial charge in [-0.1, -0.05) is 82.7 Å². The lowest BCUT2D eigenvalue weighted by Crippen LogP contribution is -2.25. The van der Waals surface area contributed by atoms with Crippen LogP contribution in [-0.4, -0.2) is 18.2 Å². The normalized spacial score (nSPS) is 11.4. The maximum atomic E-state index is 12.1. The van der Waals surface area contributed by atoms with Crippen molar-refractivity contribution in [1.82, 2.24) is 5.43 Å². The summed E-state index contributed by atoms with van der Waals surface area (Å²) in [5, 5.41) is 4.28. The number of hydrazone groups is 1. The predicted molar refractivity (Wildman–Crippen MR) is 116 cm³/mol. The topological polar surface area (TPSA) is 50.7 Å². The molecule has 1 amide bonds. The van der Waals surface area contributed by atoms with Gasteiger partial charge >= 0.3 is 0 Å². The molecule has 0 fully saturated rings. The minimum absolute atomic E-state index is 0.115. The molecule has 0 spiro atoms. The molecule has 0 aliphatic heterocycles. The van der Waals surface area contributed by atoms with E-state index in [2.05, 4.69) is 26.5 Å². The molecule has 3 rings (SSSR count). The van der Waals surface area contributed by atoms with Crippen LogP contribution >= 0.6 is 15.9 Å². The predicted octanol–water partition coefficient (Wildman–Crippen LogP) is 5.06. The van der Waals surface area contributed by atoms with Crippen LogP contribution in [0.25, 0.3) is 6.08 Å². The molecular formula is C23H19BrN2O2. The SMILES string of the molecule is O=C(COc1ccc(Br)cc1)N/N=C(/C=C/c1ccccc1)c1ccccc1. The number of ether oxygens (including phenoxy) is 1. The van der Waals surface area contributed by atoms with Crippen molar-refractivity contribution in [3.63, 3.8) is 0 Å². The number of allylic oxidation sites excluding steroid dienone is 1. The summed E-state index contributed by atoms with van der Waals surface area (Å²) in [4.78, 5) is 12.1. The second-order valence-electron chi connectivity index (χ2n) is 5.88. The Kier molecular flexibility index (Phi) is 7.15. The Bertz CT molecular complexity index is 953. The van der Waals surface area contributed by atoms with E-state index >= 15 is 0 Å². The quantitative estimate of drug-likeness (QED) is 0.417. The molecule has 3 aromatic carbocycles. The van der Waals surface area contributed by atoms with Gasteiger partial charge in [-0.25, -0.2) is 5.43 Å². The number of carbonyl (C=O) groups excluding carboxylic acids is 1. The highest BCUT2D eigenvalue weighted by molar-refractivity contribution is 9.10. The number of nitrogens with zero attached hydrogens (tertiary/aromatic N) is 1. The molecule has 0 saturated heterocycles. The fourth-order valence-electron chi connectivity index (χ4n) is 2.38. The van der Waals surface area contributed by atoms with Crippen molar-refractivity contribution >= 4 is 33.6 Å². The average molecular weight is 435 g/mol. The second kappa shape index (κ2) is 10.2. The van der Waals surface area contributed by atoms with Crippen LogP contribution in [0, 0.1) is 0 Å². The molecule has 0 radical (unpaired) electrons. The van der Waals surface area contributed by atoms with Crippen molar-refractivity contribution in [2.24, 2.45) is 5.10 Å². The Balaban J connectivity index is 1.67. The van der Waals surface area contributed by atoms with Gasteiger partial charge in [0.2, 0.25) is 0 Å². The maximum Gasteiger partial charge on any atom is 0.277 e. The van der Waals surface area contributed by atoms with E-state index in [9.17, 15) is 4.79 Å². The van der Waals surface area contributed by atoms with Crippen molar-refractivity contribution in [3.8, 4) is 5.75 Å². The lowest BCUT2D eigenvalue weighted by atomic mass is 10.1. The smallest absolute Gasteiger partial charge is 0.277 e. The number of hydrogen-bond donors (Lipinski definition) is 1. The van der Waals surface area contributed by atoms with Gasteiger partial charge in [0.1, 0.15) is 5.75 Å². The summed E-state index contributed by atoms with van der Waals surface area (Å²) >= 11 is 3.36. The first-order chi connectivity index (χ1) is 13.7. The van der Waals surface area contributed by atoms with Crippen molar-refractivity contribution in [2.75, 3.05) is 6.61 Å². The van der Waals surface area contributed by atoms with Gasteiger partial charge in [0.05, 0.1) is 5.71 Å². The second-order valence-corrected chi connectivity index (χ2v) is 6.80. The van der Waals surface area contributed by atoms with E-state index in [-0.39, 0.29) is 12.5 Å². The molecular weight excluding hydrogens is 416 g/mol. The standard InChI is InChI=1S/C23H19BrN2O2/c24-20-12-14-21(15-13-20)28-17-23(27)26-25-22(19-9-5-2-6-10-19)16-11-18-7-3-1-4-8-18/h1-16H,17H2,(H,26,27)/b16-11+,25-22-. The first kappa shape index (κ1) is 19.6. The molecule has 0 heterocycles. The minimum Gasteiger partial charge on any atom is -0.484 e. The fourth-order valence-corrected chi connectivity index (χ4v) is 2.65. The van der Waals surface area contributed by atoms with Crippen molar-refractivity contribution in [1.29, 1.82) is 0 Å². The number of nitrogens with one attached hydrogen (secondary N) is 1. The molecule has 0 unspecified atom stereocenters. The number of rotatable bonds is 7. The fraction of sp³-hybridized carbons (Fsp3) is 0.0435. The third-order valence-electron chi connectivity index (χ3n) is 3.79.